The first-order chi connectivity index (χ1) is 9.08. The van der Waals surface area contributed by atoms with Gasteiger partial charge in [0.1, 0.15) is 19.2 Å². The van der Waals surface area contributed by atoms with Crippen LogP contribution >= 0.6 is 0 Å². The summed E-state index contributed by atoms with van der Waals surface area (Å²) in [4.78, 5) is 10.3. The SMILES string of the molecule is O=[N+]([O-])c1ccc(C[N+]23CCC(CC2)[C@H](O)C3)cc1. The molecule has 0 radical (unpaired) electrons. The lowest BCUT2D eigenvalue weighted by Gasteiger charge is -2.51. The fourth-order valence-electron chi connectivity index (χ4n) is 3.58. The lowest BCUT2D eigenvalue weighted by Crippen LogP contribution is -2.62. The van der Waals surface area contributed by atoms with Crippen molar-refractivity contribution in [2.24, 2.45) is 5.92 Å². The van der Waals surface area contributed by atoms with Crippen molar-refractivity contribution >= 4 is 5.69 Å². The molecule has 5 heteroatoms. The van der Waals surface area contributed by atoms with Gasteiger partial charge in [0, 0.05) is 36.5 Å². The zero-order valence-electron chi connectivity index (χ0n) is 10.9. The average Bonchev–Trinajstić information content (AvgIpc) is 2.40. The van der Waals surface area contributed by atoms with E-state index in [1.807, 2.05) is 12.1 Å². The van der Waals surface area contributed by atoms with E-state index in [4.69, 9.17) is 0 Å². The summed E-state index contributed by atoms with van der Waals surface area (Å²) >= 11 is 0. The van der Waals surface area contributed by atoms with Gasteiger partial charge in [-0.15, -0.1) is 0 Å². The number of nitro benzene ring substituents is 1. The number of rotatable bonds is 3. The third-order valence-corrected chi connectivity index (χ3v) is 4.73. The number of fused-ring (bicyclic) bond motifs is 3. The molecule has 102 valence electrons. The van der Waals surface area contributed by atoms with Crippen LogP contribution in [0.5, 0.6) is 0 Å². The fraction of sp³-hybridized carbons (Fsp3) is 0.571. The molecule has 0 amide bonds. The first-order valence-corrected chi connectivity index (χ1v) is 6.84. The predicted molar refractivity (Wildman–Crippen MR) is 70.4 cm³/mol. The summed E-state index contributed by atoms with van der Waals surface area (Å²) < 4.78 is 0.940. The van der Waals surface area contributed by atoms with Crippen molar-refractivity contribution in [3.63, 3.8) is 0 Å². The van der Waals surface area contributed by atoms with Crippen LogP contribution in [0.15, 0.2) is 24.3 Å². The van der Waals surface area contributed by atoms with Crippen molar-refractivity contribution in [1.82, 2.24) is 0 Å². The molecule has 3 heterocycles. The Bertz CT molecular complexity index is 478. The van der Waals surface area contributed by atoms with Crippen LogP contribution in [0.1, 0.15) is 18.4 Å². The molecule has 0 spiro atoms. The highest BCUT2D eigenvalue weighted by Crippen LogP contribution is 2.35. The molecule has 1 aromatic rings. The molecular weight excluding hydrogens is 244 g/mol. The van der Waals surface area contributed by atoms with Crippen molar-refractivity contribution in [3.05, 3.63) is 39.9 Å². The molecule has 5 nitrogen and oxygen atoms in total. The highest BCUT2D eigenvalue weighted by Gasteiger charge is 2.44. The Hall–Kier alpha value is -1.46. The second-order valence-electron chi connectivity index (χ2n) is 5.96. The van der Waals surface area contributed by atoms with Gasteiger partial charge in [-0.3, -0.25) is 10.1 Å². The first kappa shape index (κ1) is 12.6. The van der Waals surface area contributed by atoms with Crippen molar-refractivity contribution in [1.29, 1.82) is 0 Å². The smallest absolute Gasteiger partial charge is 0.269 e. The maximum atomic E-state index is 10.6. The quantitative estimate of drug-likeness (QED) is 0.513. The third kappa shape index (κ3) is 2.35. The standard InChI is InChI=1S/C14H19N2O3/c17-14-10-16(7-5-12(14)6-8-16)9-11-1-3-13(4-2-11)15(18)19/h1-4,12,14,17H,5-10H2/q+1/t12?,14-,16?/m1/s1. The monoisotopic (exact) mass is 263 g/mol. The summed E-state index contributed by atoms with van der Waals surface area (Å²) in [7, 11) is 0. The van der Waals surface area contributed by atoms with E-state index >= 15 is 0 Å². The molecule has 1 aromatic carbocycles. The van der Waals surface area contributed by atoms with Gasteiger partial charge in [-0.05, 0) is 12.1 Å². The van der Waals surface area contributed by atoms with E-state index in [1.54, 1.807) is 12.1 Å². The summed E-state index contributed by atoms with van der Waals surface area (Å²) in [6.07, 6.45) is 2.04. The van der Waals surface area contributed by atoms with Crippen LogP contribution in [0.25, 0.3) is 0 Å². The summed E-state index contributed by atoms with van der Waals surface area (Å²) in [5.41, 5.74) is 1.26. The van der Waals surface area contributed by atoms with Crippen LogP contribution in [0.3, 0.4) is 0 Å². The van der Waals surface area contributed by atoms with Gasteiger partial charge in [0.2, 0.25) is 0 Å². The Morgan fingerprint density at radius 1 is 1.26 bits per heavy atom. The lowest BCUT2D eigenvalue weighted by atomic mass is 9.83. The van der Waals surface area contributed by atoms with Crippen molar-refractivity contribution in [2.75, 3.05) is 19.6 Å². The van der Waals surface area contributed by atoms with Crippen LogP contribution in [0.4, 0.5) is 5.69 Å². The lowest BCUT2D eigenvalue weighted by molar-refractivity contribution is -0.958. The minimum Gasteiger partial charge on any atom is -0.387 e. The number of aliphatic hydroxyl groups excluding tert-OH is 1. The van der Waals surface area contributed by atoms with E-state index < -0.39 is 0 Å². The zero-order chi connectivity index (χ0) is 13.5. The van der Waals surface area contributed by atoms with Crippen molar-refractivity contribution < 1.29 is 14.5 Å². The fourth-order valence-corrected chi connectivity index (χ4v) is 3.58. The normalized spacial score (nSPS) is 33.3. The maximum Gasteiger partial charge on any atom is 0.269 e. The van der Waals surface area contributed by atoms with Crippen LogP contribution in [-0.4, -0.2) is 40.3 Å². The Morgan fingerprint density at radius 3 is 2.42 bits per heavy atom. The molecule has 4 rings (SSSR count). The number of aliphatic hydroxyl groups is 1. The average molecular weight is 263 g/mol. The van der Waals surface area contributed by atoms with Crippen molar-refractivity contribution in [2.45, 2.75) is 25.5 Å². The van der Waals surface area contributed by atoms with Gasteiger partial charge >= 0.3 is 0 Å². The van der Waals surface area contributed by atoms with Gasteiger partial charge in [0.25, 0.3) is 5.69 Å². The van der Waals surface area contributed by atoms with Gasteiger partial charge in [-0.2, -0.15) is 0 Å². The molecular formula is C14H19N2O3+. The first-order valence-electron chi connectivity index (χ1n) is 6.84. The molecule has 2 bridgehead atoms. The zero-order valence-corrected chi connectivity index (χ0v) is 10.9. The van der Waals surface area contributed by atoms with E-state index in [0.29, 0.717) is 5.92 Å². The minimum absolute atomic E-state index is 0.140. The number of non-ortho nitro benzene ring substituents is 1. The van der Waals surface area contributed by atoms with E-state index in [-0.39, 0.29) is 16.7 Å². The van der Waals surface area contributed by atoms with Crippen LogP contribution in [-0.2, 0) is 6.54 Å². The summed E-state index contributed by atoms with van der Waals surface area (Å²) in [6.45, 7) is 3.96. The molecule has 1 atom stereocenters. The van der Waals surface area contributed by atoms with Crippen molar-refractivity contribution in [3.8, 4) is 0 Å². The molecule has 0 aliphatic carbocycles. The van der Waals surface area contributed by atoms with Crippen LogP contribution < -0.4 is 0 Å². The molecule has 0 aromatic heterocycles. The molecule has 3 fully saturated rings. The largest absolute Gasteiger partial charge is 0.387 e. The van der Waals surface area contributed by atoms with Gasteiger partial charge in [0.05, 0.1) is 18.0 Å². The second-order valence-corrected chi connectivity index (χ2v) is 5.96. The topological polar surface area (TPSA) is 63.4 Å². The van der Waals surface area contributed by atoms with Crippen LogP contribution in [0.2, 0.25) is 0 Å². The van der Waals surface area contributed by atoms with Gasteiger partial charge in [-0.1, -0.05) is 0 Å². The molecule has 3 aliphatic rings. The number of quaternary nitrogens is 1. The minimum atomic E-state index is -0.369. The maximum absolute atomic E-state index is 10.6. The molecule has 19 heavy (non-hydrogen) atoms. The summed E-state index contributed by atoms with van der Waals surface area (Å²) in [5, 5.41) is 20.7. The van der Waals surface area contributed by atoms with Gasteiger partial charge in [-0.25, -0.2) is 0 Å². The molecule has 0 unspecified atom stereocenters. The number of benzene rings is 1. The Balaban J connectivity index is 1.75. The highest BCUT2D eigenvalue weighted by atomic mass is 16.6. The van der Waals surface area contributed by atoms with E-state index in [2.05, 4.69) is 0 Å². The number of hydrogen-bond acceptors (Lipinski definition) is 3. The Morgan fingerprint density at radius 2 is 1.89 bits per heavy atom. The molecule has 0 saturated carbocycles. The number of piperidine rings is 3. The highest BCUT2D eigenvalue weighted by molar-refractivity contribution is 5.32. The van der Waals surface area contributed by atoms with Crippen LogP contribution in [0, 0.1) is 16.0 Å². The summed E-state index contributed by atoms with van der Waals surface area (Å²) in [6, 6.07) is 6.83. The third-order valence-electron chi connectivity index (χ3n) is 4.73. The second kappa shape index (κ2) is 4.58. The predicted octanol–water partition coefficient (Wildman–Crippen LogP) is 1.70. The molecule has 3 aliphatic heterocycles. The number of nitrogens with zero attached hydrogens (tertiary/aromatic N) is 2. The summed E-state index contributed by atoms with van der Waals surface area (Å²) in [5.74, 6) is 0.497. The van der Waals surface area contributed by atoms with Gasteiger partial charge in [0.15, 0.2) is 0 Å². The Kier molecular flexibility index (Phi) is 3.03. The van der Waals surface area contributed by atoms with E-state index in [9.17, 15) is 15.2 Å². The molecule has 1 N–H and O–H groups in total. The Labute approximate surface area is 112 Å². The van der Waals surface area contributed by atoms with E-state index in [1.165, 1.54) is 0 Å². The number of hydrogen-bond donors (Lipinski definition) is 1. The van der Waals surface area contributed by atoms with E-state index in [0.717, 1.165) is 49.1 Å². The van der Waals surface area contributed by atoms with Gasteiger partial charge < -0.3 is 9.59 Å². The number of nitro groups is 1. The molecule has 3 saturated heterocycles.